The number of likely N-dealkylation sites (tertiary alicyclic amines) is 1. The third-order valence-corrected chi connectivity index (χ3v) is 5.44. The topological polar surface area (TPSA) is 66.5 Å². The molecule has 0 unspecified atom stereocenters. The van der Waals surface area contributed by atoms with E-state index in [4.69, 9.17) is 0 Å². The number of benzene rings is 1. The van der Waals surface area contributed by atoms with Gasteiger partial charge in [0.05, 0.1) is 4.90 Å². The first-order valence-corrected chi connectivity index (χ1v) is 9.30. The summed E-state index contributed by atoms with van der Waals surface area (Å²) < 4.78 is 26.9. The Morgan fingerprint density at radius 3 is 2.36 bits per heavy atom. The van der Waals surface area contributed by atoms with E-state index >= 15 is 0 Å². The predicted molar refractivity (Wildman–Crippen MR) is 86.5 cm³/mol. The molecule has 122 valence electrons. The highest BCUT2D eigenvalue weighted by molar-refractivity contribution is 7.89. The summed E-state index contributed by atoms with van der Waals surface area (Å²) in [5, 5.41) is 0. The van der Waals surface area contributed by atoms with Crippen LogP contribution in [0, 0.1) is 0 Å². The number of Topliss-reactive ketones (excluding diaryl/α,β-unsaturated/α-hetero) is 1. The Labute approximate surface area is 132 Å². The minimum Gasteiger partial charge on any atom is -0.303 e. The highest BCUT2D eigenvalue weighted by atomic mass is 32.2. The number of sulfonamides is 1. The molecule has 2 rings (SSSR count). The molecule has 0 aliphatic carbocycles. The first-order chi connectivity index (χ1) is 10.5. The quantitative estimate of drug-likeness (QED) is 0.587. The van der Waals surface area contributed by atoms with Gasteiger partial charge >= 0.3 is 0 Å². The number of hydrogen-bond donors (Lipinski definition) is 1. The molecule has 5 nitrogen and oxygen atoms in total. The van der Waals surface area contributed by atoms with Gasteiger partial charge in [0, 0.05) is 12.1 Å². The smallest absolute Gasteiger partial charge is 0.240 e. The molecule has 1 saturated heterocycles. The van der Waals surface area contributed by atoms with Gasteiger partial charge in [0.1, 0.15) is 0 Å². The van der Waals surface area contributed by atoms with Crippen molar-refractivity contribution in [2.75, 3.05) is 26.2 Å². The van der Waals surface area contributed by atoms with Crippen LogP contribution in [-0.2, 0) is 10.0 Å². The van der Waals surface area contributed by atoms with E-state index in [-0.39, 0.29) is 10.7 Å². The van der Waals surface area contributed by atoms with Crippen molar-refractivity contribution in [3.05, 3.63) is 29.8 Å². The fourth-order valence-corrected chi connectivity index (χ4v) is 3.70. The Balaban J connectivity index is 1.76. The molecule has 1 N–H and O–H groups in total. The van der Waals surface area contributed by atoms with Gasteiger partial charge in [-0.05, 0) is 64.4 Å². The molecule has 0 aromatic heterocycles. The largest absolute Gasteiger partial charge is 0.303 e. The van der Waals surface area contributed by atoms with E-state index in [1.54, 1.807) is 12.1 Å². The van der Waals surface area contributed by atoms with Crippen molar-refractivity contribution in [2.24, 2.45) is 0 Å². The van der Waals surface area contributed by atoms with Crippen LogP contribution in [0.3, 0.4) is 0 Å². The lowest BCUT2D eigenvalue weighted by Crippen LogP contribution is -2.26. The van der Waals surface area contributed by atoms with Crippen LogP contribution in [0.4, 0.5) is 0 Å². The highest BCUT2D eigenvalue weighted by Gasteiger charge is 2.14. The van der Waals surface area contributed by atoms with E-state index in [1.165, 1.54) is 45.0 Å². The molecular weight excluding hydrogens is 300 g/mol. The maximum atomic E-state index is 12.1. The van der Waals surface area contributed by atoms with Crippen molar-refractivity contribution in [3.63, 3.8) is 0 Å². The molecule has 1 aliphatic heterocycles. The van der Waals surface area contributed by atoms with Gasteiger partial charge in [-0.15, -0.1) is 0 Å². The van der Waals surface area contributed by atoms with Gasteiger partial charge in [-0.2, -0.15) is 0 Å². The van der Waals surface area contributed by atoms with Crippen molar-refractivity contribution in [1.82, 2.24) is 9.62 Å². The lowest BCUT2D eigenvalue weighted by atomic mass is 10.2. The number of nitrogens with one attached hydrogen (secondary N) is 1. The molecule has 1 aromatic carbocycles. The van der Waals surface area contributed by atoms with Crippen LogP contribution in [0.2, 0.25) is 0 Å². The van der Waals surface area contributed by atoms with Crippen LogP contribution in [0.5, 0.6) is 0 Å². The number of rotatable bonds is 8. The third-order valence-electron chi connectivity index (χ3n) is 3.96. The number of hydrogen-bond acceptors (Lipinski definition) is 4. The number of carbonyl (C=O) groups is 1. The van der Waals surface area contributed by atoms with Crippen molar-refractivity contribution in [1.29, 1.82) is 0 Å². The lowest BCUT2D eigenvalue weighted by Gasteiger charge is -2.14. The first kappa shape index (κ1) is 17.1. The predicted octanol–water partition coefficient (Wildman–Crippen LogP) is 2.04. The van der Waals surface area contributed by atoms with Gasteiger partial charge in [-0.25, -0.2) is 13.1 Å². The van der Waals surface area contributed by atoms with Gasteiger partial charge in [-0.3, -0.25) is 4.79 Å². The Hall–Kier alpha value is -1.24. The maximum Gasteiger partial charge on any atom is 0.240 e. The van der Waals surface area contributed by atoms with Gasteiger partial charge in [0.2, 0.25) is 10.0 Å². The van der Waals surface area contributed by atoms with E-state index < -0.39 is 10.0 Å². The molecule has 1 fully saturated rings. The highest BCUT2D eigenvalue weighted by Crippen LogP contribution is 2.11. The van der Waals surface area contributed by atoms with Crippen LogP contribution in [0.15, 0.2) is 29.2 Å². The zero-order chi connectivity index (χ0) is 16.0. The number of nitrogens with zero attached hydrogens (tertiary/aromatic N) is 1. The molecule has 1 aromatic rings. The minimum absolute atomic E-state index is 0.0705. The van der Waals surface area contributed by atoms with Gasteiger partial charge < -0.3 is 4.90 Å². The molecular formula is C16H24N2O3S. The monoisotopic (exact) mass is 324 g/mol. The Kier molecular flexibility index (Phi) is 6.11. The zero-order valence-electron chi connectivity index (χ0n) is 13.0. The van der Waals surface area contributed by atoms with Gasteiger partial charge in [0.25, 0.3) is 0 Å². The SMILES string of the molecule is CC(=O)c1ccc(S(=O)(=O)NCCCCN2CCCC2)cc1. The summed E-state index contributed by atoms with van der Waals surface area (Å²) in [6.07, 6.45) is 4.40. The van der Waals surface area contributed by atoms with Crippen molar-refractivity contribution >= 4 is 15.8 Å². The molecule has 0 spiro atoms. The average Bonchev–Trinajstić information content (AvgIpc) is 3.00. The van der Waals surface area contributed by atoms with E-state index in [0.717, 1.165) is 19.4 Å². The van der Waals surface area contributed by atoms with Crippen LogP contribution in [0.25, 0.3) is 0 Å². The molecule has 0 saturated carbocycles. The lowest BCUT2D eigenvalue weighted by molar-refractivity contribution is 0.101. The van der Waals surface area contributed by atoms with Crippen LogP contribution >= 0.6 is 0 Å². The van der Waals surface area contributed by atoms with Crippen LogP contribution in [-0.4, -0.2) is 45.3 Å². The summed E-state index contributed by atoms with van der Waals surface area (Å²) in [5.74, 6) is -0.0705. The number of carbonyl (C=O) groups excluding carboxylic acids is 1. The molecule has 0 radical (unpaired) electrons. The third kappa shape index (κ3) is 4.90. The summed E-state index contributed by atoms with van der Waals surface area (Å²) in [5.41, 5.74) is 0.518. The summed E-state index contributed by atoms with van der Waals surface area (Å²) in [4.78, 5) is 13.8. The van der Waals surface area contributed by atoms with Crippen molar-refractivity contribution < 1.29 is 13.2 Å². The van der Waals surface area contributed by atoms with E-state index in [0.29, 0.717) is 12.1 Å². The van der Waals surface area contributed by atoms with Gasteiger partial charge in [0.15, 0.2) is 5.78 Å². The Morgan fingerprint density at radius 1 is 1.14 bits per heavy atom. The van der Waals surface area contributed by atoms with E-state index in [9.17, 15) is 13.2 Å². The van der Waals surface area contributed by atoms with Crippen molar-refractivity contribution in [2.45, 2.75) is 37.5 Å². The number of unbranched alkanes of at least 4 members (excludes halogenated alkanes) is 1. The first-order valence-electron chi connectivity index (χ1n) is 7.82. The summed E-state index contributed by atoms with van der Waals surface area (Å²) in [6.45, 7) is 5.31. The summed E-state index contributed by atoms with van der Waals surface area (Å²) in [7, 11) is -3.48. The minimum atomic E-state index is -3.48. The molecule has 0 amide bonds. The Morgan fingerprint density at radius 2 is 1.77 bits per heavy atom. The molecule has 0 atom stereocenters. The standard InChI is InChI=1S/C16H24N2O3S/c1-14(19)15-6-8-16(9-7-15)22(20,21)17-10-2-3-11-18-12-4-5-13-18/h6-9,17H,2-5,10-13H2,1H3. The normalized spacial score (nSPS) is 16.0. The number of ketones is 1. The van der Waals surface area contributed by atoms with Gasteiger partial charge in [-0.1, -0.05) is 12.1 Å². The average molecular weight is 324 g/mol. The second-order valence-corrected chi connectivity index (χ2v) is 7.50. The summed E-state index contributed by atoms with van der Waals surface area (Å²) in [6, 6.07) is 6.04. The molecule has 1 aliphatic rings. The van der Waals surface area contributed by atoms with Crippen molar-refractivity contribution in [3.8, 4) is 0 Å². The molecule has 6 heteroatoms. The van der Waals surface area contributed by atoms with Crippen LogP contribution < -0.4 is 4.72 Å². The maximum absolute atomic E-state index is 12.1. The van der Waals surface area contributed by atoms with E-state index in [2.05, 4.69) is 9.62 Å². The molecule has 0 bridgehead atoms. The van der Waals surface area contributed by atoms with E-state index in [1.807, 2.05) is 0 Å². The summed E-state index contributed by atoms with van der Waals surface area (Å²) >= 11 is 0. The molecule has 22 heavy (non-hydrogen) atoms. The fourth-order valence-electron chi connectivity index (χ4n) is 2.63. The fraction of sp³-hybridized carbons (Fsp3) is 0.562. The second-order valence-electron chi connectivity index (χ2n) is 5.73. The van der Waals surface area contributed by atoms with Crippen LogP contribution in [0.1, 0.15) is 43.0 Å². The second kappa shape index (κ2) is 7.85. The Bertz CT molecular complexity index is 590. The molecule has 1 heterocycles. The zero-order valence-corrected chi connectivity index (χ0v) is 13.9.